The average molecular weight is 638 g/mol. The van der Waals surface area contributed by atoms with Crippen LogP contribution in [-0.2, 0) is 22.7 Å². The molecule has 1 saturated heterocycles. The lowest BCUT2D eigenvalue weighted by Crippen LogP contribution is -2.44. The normalized spacial score (nSPS) is 18.3. The maximum atomic E-state index is 16.8. The van der Waals surface area contributed by atoms with Gasteiger partial charge in [0, 0.05) is 41.7 Å². The van der Waals surface area contributed by atoms with Crippen molar-refractivity contribution in [2.75, 3.05) is 30.4 Å². The SMILES string of the molecule is CC(C)N(C)C1CN(c2ncc3c4c(c(-c5ncc(F)c6sc(NC(=O)OC(C)(C)C)c(C#N)c56)c(F)c3n2)COC4)CC1O. The zero-order chi connectivity index (χ0) is 32.4. The van der Waals surface area contributed by atoms with Gasteiger partial charge in [-0.1, -0.05) is 0 Å². The number of nitrogens with zero attached hydrogens (tertiary/aromatic N) is 6. The summed E-state index contributed by atoms with van der Waals surface area (Å²) in [6, 6.07) is 2.10. The summed E-state index contributed by atoms with van der Waals surface area (Å²) in [6.45, 7) is 10.2. The molecule has 2 aliphatic heterocycles. The van der Waals surface area contributed by atoms with Crippen LogP contribution < -0.4 is 10.2 Å². The molecule has 0 aliphatic carbocycles. The number of aliphatic hydroxyl groups excluding tert-OH is 1. The molecular weight excluding hydrogens is 604 g/mol. The molecule has 1 amide bonds. The highest BCUT2D eigenvalue weighted by Crippen LogP contribution is 2.46. The molecule has 45 heavy (non-hydrogen) atoms. The first-order valence-corrected chi connectivity index (χ1v) is 15.3. The van der Waals surface area contributed by atoms with Crippen LogP contribution in [0, 0.1) is 23.0 Å². The highest BCUT2D eigenvalue weighted by atomic mass is 32.1. The highest BCUT2D eigenvalue weighted by molar-refractivity contribution is 7.23. The fourth-order valence-corrected chi connectivity index (χ4v) is 6.91. The first kappa shape index (κ1) is 31.0. The zero-order valence-corrected chi connectivity index (χ0v) is 26.6. The minimum Gasteiger partial charge on any atom is -0.444 e. The summed E-state index contributed by atoms with van der Waals surface area (Å²) in [6.07, 6.45) is 1.07. The first-order chi connectivity index (χ1) is 21.3. The number of hydrogen-bond donors (Lipinski definition) is 2. The molecule has 3 aromatic heterocycles. The predicted molar refractivity (Wildman–Crippen MR) is 166 cm³/mol. The topological polar surface area (TPSA) is 137 Å². The lowest BCUT2D eigenvalue weighted by atomic mass is 9.94. The Morgan fingerprint density at radius 2 is 1.98 bits per heavy atom. The van der Waals surface area contributed by atoms with E-state index in [1.807, 2.05) is 31.9 Å². The molecule has 2 aliphatic rings. The average Bonchev–Trinajstić information content (AvgIpc) is 3.70. The number of nitrogens with one attached hydrogen (secondary N) is 1. The van der Waals surface area contributed by atoms with E-state index in [0.29, 0.717) is 23.1 Å². The van der Waals surface area contributed by atoms with Crippen molar-refractivity contribution in [2.24, 2.45) is 0 Å². The van der Waals surface area contributed by atoms with Crippen LogP contribution in [0.25, 0.3) is 32.2 Å². The number of thiophene rings is 1. The Morgan fingerprint density at radius 3 is 2.67 bits per heavy atom. The molecule has 0 bridgehead atoms. The zero-order valence-electron chi connectivity index (χ0n) is 25.7. The maximum absolute atomic E-state index is 16.8. The van der Waals surface area contributed by atoms with E-state index in [1.54, 1.807) is 27.0 Å². The third kappa shape index (κ3) is 5.43. The van der Waals surface area contributed by atoms with Gasteiger partial charge in [-0.3, -0.25) is 15.2 Å². The molecule has 236 valence electrons. The van der Waals surface area contributed by atoms with Gasteiger partial charge in [-0.2, -0.15) is 5.26 Å². The number of fused-ring (bicyclic) bond motifs is 4. The molecule has 2 N–H and O–H groups in total. The second-order valence-corrected chi connectivity index (χ2v) is 13.6. The molecule has 1 fully saturated rings. The minimum absolute atomic E-state index is 0.0227. The summed E-state index contributed by atoms with van der Waals surface area (Å²) in [5, 5.41) is 24.1. The number of aromatic nitrogens is 3. The van der Waals surface area contributed by atoms with Crippen molar-refractivity contribution in [1.82, 2.24) is 19.9 Å². The predicted octanol–water partition coefficient (Wildman–Crippen LogP) is 5.32. The smallest absolute Gasteiger partial charge is 0.412 e. The lowest BCUT2D eigenvalue weighted by molar-refractivity contribution is 0.0636. The van der Waals surface area contributed by atoms with E-state index in [1.165, 1.54) is 0 Å². The molecule has 2 unspecified atom stereocenters. The number of halogens is 2. The Kier molecular flexibility index (Phi) is 7.85. The number of likely N-dealkylation sites (N-methyl/N-ethyl adjacent to an activating group) is 1. The number of carbonyl (C=O) groups is 1. The Labute approximate surface area is 262 Å². The number of nitriles is 1. The number of aliphatic hydroxyl groups is 1. The summed E-state index contributed by atoms with van der Waals surface area (Å²) in [5.74, 6) is -1.18. The van der Waals surface area contributed by atoms with Gasteiger partial charge in [-0.25, -0.2) is 23.5 Å². The number of pyridine rings is 1. The van der Waals surface area contributed by atoms with E-state index in [4.69, 9.17) is 9.47 Å². The molecule has 0 radical (unpaired) electrons. The number of rotatable bonds is 5. The van der Waals surface area contributed by atoms with Gasteiger partial charge in [0.15, 0.2) is 11.6 Å². The summed E-state index contributed by atoms with van der Waals surface area (Å²) in [4.78, 5) is 29.9. The van der Waals surface area contributed by atoms with Gasteiger partial charge in [-0.05, 0) is 52.8 Å². The molecule has 4 aromatic rings. The van der Waals surface area contributed by atoms with Gasteiger partial charge in [0.1, 0.15) is 22.2 Å². The molecule has 11 nitrogen and oxygen atoms in total. The van der Waals surface area contributed by atoms with Crippen LogP contribution in [0.1, 0.15) is 51.3 Å². The minimum atomic E-state index is -0.815. The number of benzene rings is 1. The first-order valence-electron chi connectivity index (χ1n) is 14.5. The number of β-amino-alcohol motifs (C(OH)–C–C–N with tert-alkyl or cyclic N) is 1. The molecule has 0 spiro atoms. The van der Waals surface area contributed by atoms with Crippen LogP contribution in [0.4, 0.5) is 24.5 Å². The highest BCUT2D eigenvalue weighted by Gasteiger charge is 2.37. The van der Waals surface area contributed by atoms with Crippen molar-refractivity contribution < 1.29 is 28.2 Å². The molecule has 14 heteroatoms. The quantitative estimate of drug-likeness (QED) is 0.296. The second-order valence-electron chi connectivity index (χ2n) is 12.6. The monoisotopic (exact) mass is 637 g/mol. The van der Waals surface area contributed by atoms with Gasteiger partial charge >= 0.3 is 6.09 Å². The third-order valence-corrected chi connectivity index (χ3v) is 9.31. The van der Waals surface area contributed by atoms with Crippen LogP contribution >= 0.6 is 11.3 Å². The van der Waals surface area contributed by atoms with Gasteiger partial charge in [-0.15, -0.1) is 11.3 Å². The summed E-state index contributed by atoms with van der Waals surface area (Å²) >= 11 is 0.842. The van der Waals surface area contributed by atoms with E-state index in [9.17, 15) is 15.2 Å². The van der Waals surface area contributed by atoms with Gasteiger partial charge in [0.2, 0.25) is 5.95 Å². The van der Waals surface area contributed by atoms with Crippen LogP contribution in [0.2, 0.25) is 0 Å². The van der Waals surface area contributed by atoms with Gasteiger partial charge in [0.25, 0.3) is 0 Å². The van der Waals surface area contributed by atoms with Crippen LogP contribution in [0.3, 0.4) is 0 Å². The van der Waals surface area contributed by atoms with Crippen LogP contribution in [0.15, 0.2) is 12.4 Å². The summed E-state index contributed by atoms with van der Waals surface area (Å²) < 4.78 is 43.1. The summed E-state index contributed by atoms with van der Waals surface area (Å²) in [7, 11) is 1.95. The number of ether oxygens (including phenoxy) is 2. The molecule has 6 rings (SSSR count). The van der Waals surface area contributed by atoms with Crippen molar-refractivity contribution in [3.8, 4) is 17.3 Å². The van der Waals surface area contributed by atoms with Crippen molar-refractivity contribution in [3.63, 3.8) is 0 Å². The molecule has 2 atom stereocenters. The van der Waals surface area contributed by atoms with Crippen molar-refractivity contribution in [2.45, 2.75) is 71.6 Å². The molecule has 5 heterocycles. The Balaban J connectivity index is 1.50. The lowest BCUT2D eigenvalue weighted by Gasteiger charge is -2.29. The second kappa shape index (κ2) is 11.4. The largest absolute Gasteiger partial charge is 0.444 e. The van der Waals surface area contributed by atoms with Crippen molar-refractivity contribution in [1.29, 1.82) is 5.26 Å². The van der Waals surface area contributed by atoms with E-state index in [2.05, 4.69) is 25.2 Å². The van der Waals surface area contributed by atoms with E-state index >= 15 is 8.78 Å². The molecular formula is C31H33F2N7O4S. The third-order valence-electron chi connectivity index (χ3n) is 8.20. The fraction of sp³-hybridized carbons (Fsp3) is 0.452. The Hall–Kier alpha value is -4.03. The Morgan fingerprint density at radius 1 is 1.24 bits per heavy atom. The van der Waals surface area contributed by atoms with Crippen LogP contribution in [-0.4, -0.2) is 75.0 Å². The number of anilines is 2. The van der Waals surface area contributed by atoms with E-state index < -0.39 is 29.4 Å². The van der Waals surface area contributed by atoms with Gasteiger partial charge < -0.3 is 19.5 Å². The van der Waals surface area contributed by atoms with Gasteiger partial charge in [0.05, 0.1) is 47.5 Å². The number of carbonyl (C=O) groups excluding carboxylic acids is 1. The van der Waals surface area contributed by atoms with Crippen LogP contribution in [0.5, 0.6) is 0 Å². The molecule has 0 saturated carbocycles. The maximum Gasteiger partial charge on any atom is 0.412 e. The summed E-state index contributed by atoms with van der Waals surface area (Å²) in [5.41, 5.74) is 0.406. The number of amides is 1. The van der Waals surface area contributed by atoms with E-state index in [0.717, 1.165) is 17.5 Å². The van der Waals surface area contributed by atoms with Crippen molar-refractivity contribution in [3.05, 3.63) is 40.7 Å². The van der Waals surface area contributed by atoms with Crippen molar-refractivity contribution >= 4 is 49.4 Å². The number of hydrogen-bond acceptors (Lipinski definition) is 11. The molecule has 1 aromatic carbocycles. The Bertz CT molecular complexity index is 1880. The standard InChI is InChI=1S/C31H33F2N7O4S/c1-14(2)39(6)20-10-40(11-21(20)41)29-36-8-16-17-12-43-13-18(17)22(24(33)25(16)37-29)26-23-15(7-34)28(38-30(42)44-31(3,4)5)45-27(23)19(32)9-35-26/h8-9,14,20-21,41H,10-13H2,1-6H3,(H,38,42). The van der Waals surface area contributed by atoms with E-state index in [-0.39, 0.29) is 75.2 Å². The fourth-order valence-electron chi connectivity index (χ4n) is 5.87.